The number of rotatable bonds is 4. The van der Waals surface area contributed by atoms with E-state index in [1.54, 1.807) is 21.7 Å². The fourth-order valence-corrected chi connectivity index (χ4v) is 4.78. The van der Waals surface area contributed by atoms with E-state index >= 15 is 0 Å². The molecule has 1 aromatic heterocycles. The Labute approximate surface area is 199 Å². The molecule has 176 valence electrons. The van der Waals surface area contributed by atoms with E-state index in [-0.39, 0.29) is 35.0 Å². The van der Waals surface area contributed by atoms with Crippen molar-refractivity contribution in [3.63, 3.8) is 0 Å². The molecule has 5 rings (SSSR count). The van der Waals surface area contributed by atoms with Crippen LogP contribution in [0.15, 0.2) is 42.5 Å². The predicted octanol–water partition coefficient (Wildman–Crippen LogP) is 4.05. The molecule has 10 heteroatoms. The van der Waals surface area contributed by atoms with Crippen molar-refractivity contribution in [1.82, 2.24) is 20.0 Å². The van der Waals surface area contributed by atoms with Crippen LogP contribution in [0.25, 0.3) is 11.3 Å². The number of carbonyl (C=O) groups excluding carboxylic acids is 2. The maximum atomic E-state index is 13.6. The molecule has 7 nitrogen and oxygen atoms in total. The van der Waals surface area contributed by atoms with Gasteiger partial charge in [0.1, 0.15) is 17.3 Å². The van der Waals surface area contributed by atoms with Gasteiger partial charge in [-0.25, -0.2) is 13.6 Å². The number of nitrogens with one attached hydrogen (secondary N) is 1. The van der Waals surface area contributed by atoms with Crippen LogP contribution in [0.1, 0.15) is 40.4 Å². The summed E-state index contributed by atoms with van der Waals surface area (Å²) in [7, 11) is 0. The summed E-state index contributed by atoms with van der Waals surface area (Å²) in [4.78, 5) is 26.8. The highest BCUT2D eigenvalue weighted by molar-refractivity contribution is 6.31. The van der Waals surface area contributed by atoms with Gasteiger partial charge >= 0.3 is 6.03 Å². The summed E-state index contributed by atoms with van der Waals surface area (Å²) in [6, 6.07) is 10.3. The van der Waals surface area contributed by atoms with Crippen molar-refractivity contribution in [1.29, 1.82) is 0 Å². The van der Waals surface area contributed by atoms with Crippen molar-refractivity contribution in [2.45, 2.75) is 37.9 Å². The summed E-state index contributed by atoms with van der Waals surface area (Å²) >= 11 is 5.91. The fraction of sp³-hybridized carbons (Fsp3) is 0.292. The Kier molecular flexibility index (Phi) is 5.73. The zero-order chi connectivity index (χ0) is 24.0. The van der Waals surface area contributed by atoms with Crippen LogP contribution < -0.4 is 11.1 Å². The van der Waals surface area contributed by atoms with E-state index in [4.69, 9.17) is 17.3 Å². The lowest BCUT2D eigenvalue weighted by molar-refractivity contribution is 0.0997. The number of amides is 3. The number of nitrogens with zero attached hydrogens (tertiary/aromatic N) is 3. The number of hydrogen-bond donors (Lipinski definition) is 2. The second kappa shape index (κ2) is 8.72. The minimum absolute atomic E-state index is 0.0296. The number of urea groups is 1. The number of halogens is 3. The molecule has 0 radical (unpaired) electrons. The van der Waals surface area contributed by atoms with Crippen molar-refractivity contribution in [3.05, 3.63) is 75.9 Å². The Morgan fingerprint density at radius 1 is 1.09 bits per heavy atom. The highest BCUT2D eigenvalue weighted by atomic mass is 35.5. The number of benzene rings is 2. The van der Waals surface area contributed by atoms with Gasteiger partial charge in [-0.2, -0.15) is 5.10 Å². The van der Waals surface area contributed by atoms with Crippen LogP contribution in [-0.4, -0.2) is 39.2 Å². The van der Waals surface area contributed by atoms with E-state index in [9.17, 15) is 18.4 Å². The van der Waals surface area contributed by atoms with Crippen molar-refractivity contribution >= 4 is 23.5 Å². The lowest BCUT2D eigenvalue weighted by Crippen LogP contribution is -2.51. The Hall–Kier alpha value is -3.46. The van der Waals surface area contributed by atoms with Gasteiger partial charge in [0.15, 0.2) is 0 Å². The lowest BCUT2D eigenvalue weighted by atomic mass is 9.76. The molecule has 1 fully saturated rings. The van der Waals surface area contributed by atoms with E-state index in [1.807, 2.05) is 0 Å². The zero-order valence-corrected chi connectivity index (χ0v) is 18.9. The molecule has 3 aromatic rings. The van der Waals surface area contributed by atoms with E-state index in [2.05, 4.69) is 10.4 Å². The molecular formula is C24H22ClF2N5O2. The van der Waals surface area contributed by atoms with Crippen molar-refractivity contribution in [2.24, 2.45) is 5.73 Å². The first-order valence-electron chi connectivity index (χ1n) is 11.0. The summed E-state index contributed by atoms with van der Waals surface area (Å²) in [6.45, 7) is 0.970. The SMILES string of the molecule is NC(=O)c1c(-c2ccc(F)c(Cl)c2)nn2c1CN(C(=O)N[C@H]1C[C@H](c3ccc(F)cc3)C1)CC2. The molecule has 0 spiro atoms. The molecular weight excluding hydrogens is 464 g/mol. The van der Waals surface area contributed by atoms with Gasteiger partial charge in [0, 0.05) is 18.2 Å². The van der Waals surface area contributed by atoms with Gasteiger partial charge in [0.25, 0.3) is 5.91 Å². The minimum atomic E-state index is -0.680. The topological polar surface area (TPSA) is 93.2 Å². The van der Waals surface area contributed by atoms with Crippen LogP contribution in [0.5, 0.6) is 0 Å². The van der Waals surface area contributed by atoms with Crippen LogP contribution in [0.2, 0.25) is 5.02 Å². The maximum absolute atomic E-state index is 13.6. The smallest absolute Gasteiger partial charge is 0.318 e. The first-order chi connectivity index (χ1) is 16.3. The van der Waals surface area contributed by atoms with Gasteiger partial charge in [-0.1, -0.05) is 23.7 Å². The van der Waals surface area contributed by atoms with E-state index in [1.165, 1.54) is 30.3 Å². The second-order valence-corrected chi connectivity index (χ2v) is 9.08. The van der Waals surface area contributed by atoms with Gasteiger partial charge < -0.3 is 16.0 Å². The number of fused-ring (bicyclic) bond motifs is 1. The monoisotopic (exact) mass is 485 g/mol. The number of hydrogen-bond acceptors (Lipinski definition) is 3. The van der Waals surface area contributed by atoms with Crippen LogP contribution >= 0.6 is 11.6 Å². The number of aromatic nitrogens is 2. The van der Waals surface area contributed by atoms with Gasteiger partial charge in [-0.3, -0.25) is 9.48 Å². The molecule has 2 aromatic carbocycles. The quantitative estimate of drug-likeness (QED) is 0.583. The molecule has 2 heterocycles. The summed E-state index contributed by atoms with van der Waals surface area (Å²) in [5, 5.41) is 7.45. The van der Waals surface area contributed by atoms with Gasteiger partial charge in [0.05, 0.1) is 29.4 Å². The van der Waals surface area contributed by atoms with E-state index in [0.717, 1.165) is 18.4 Å². The Balaban J connectivity index is 1.28. The molecule has 1 saturated carbocycles. The van der Waals surface area contributed by atoms with Crippen LogP contribution in [0, 0.1) is 11.6 Å². The highest BCUT2D eigenvalue weighted by Gasteiger charge is 2.34. The summed E-state index contributed by atoms with van der Waals surface area (Å²) in [5.41, 5.74) is 8.23. The molecule has 3 N–H and O–H groups in total. The molecule has 2 aliphatic rings. The third-order valence-corrected chi connectivity index (χ3v) is 6.80. The fourth-order valence-electron chi connectivity index (χ4n) is 4.60. The molecule has 3 amide bonds. The molecule has 0 atom stereocenters. The first-order valence-corrected chi connectivity index (χ1v) is 11.3. The maximum Gasteiger partial charge on any atom is 0.318 e. The van der Waals surface area contributed by atoms with Crippen LogP contribution in [0.3, 0.4) is 0 Å². The van der Waals surface area contributed by atoms with Crippen molar-refractivity contribution in [3.8, 4) is 11.3 Å². The van der Waals surface area contributed by atoms with Crippen molar-refractivity contribution < 1.29 is 18.4 Å². The molecule has 0 unspecified atom stereocenters. The highest BCUT2D eigenvalue weighted by Crippen LogP contribution is 2.37. The van der Waals surface area contributed by atoms with E-state index in [0.29, 0.717) is 36.0 Å². The van der Waals surface area contributed by atoms with Crippen molar-refractivity contribution in [2.75, 3.05) is 6.54 Å². The summed E-state index contributed by atoms with van der Waals surface area (Å²) < 4.78 is 28.4. The Morgan fingerprint density at radius 3 is 2.50 bits per heavy atom. The Morgan fingerprint density at radius 2 is 1.82 bits per heavy atom. The average Bonchev–Trinajstić information content (AvgIpc) is 3.17. The molecule has 1 aliphatic heterocycles. The third-order valence-electron chi connectivity index (χ3n) is 6.51. The number of primary amides is 1. The zero-order valence-electron chi connectivity index (χ0n) is 18.1. The van der Waals surface area contributed by atoms with Gasteiger partial charge in [-0.15, -0.1) is 0 Å². The molecule has 0 saturated heterocycles. The van der Waals surface area contributed by atoms with Gasteiger partial charge in [0.2, 0.25) is 0 Å². The first kappa shape index (κ1) is 22.3. The van der Waals surface area contributed by atoms with E-state index < -0.39 is 11.7 Å². The van der Waals surface area contributed by atoms with Crippen LogP contribution in [0.4, 0.5) is 13.6 Å². The summed E-state index contributed by atoms with van der Waals surface area (Å²) in [6.07, 6.45) is 1.57. The molecule has 1 aliphatic carbocycles. The summed E-state index contributed by atoms with van der Waals surface area (Å²) in [5.74, 6) is -1.23. The minimum Gasteiger partial charge on any atom is -0.365 e. The standard InChI is InChI=1S/C24H22ClF2N5O2/c25-18-11-14(3-6-19(18)27)22-21(23(28)33)20-12-31(7-8-32(20)30-22)24(34)29-17-9-15(10-17)13-1-4-16(26)5-2-13/h1-6,11,15,17H,7-10,12H2,(H2,28,33)(H,29,34)/t15-,17-. The third kappa shape index (κ3) is 4.11. The lowest BCUT2D eigenvalue weighted by Gasteiger charge is -2.38. The number of nitrogens with two attached hydrogens (primary N) is 1. The Bertz CT molecular complexity index is 1270. The van der Waals surface area contributed by atoms with Gasteiger partial charge in [-0.05, 0) is 54.7 Å². The normalized spacial score (nSPS) is 19.3. The second-order valence-electron chi connectivity index (χ2n) is 8.67. The largest absolute Gasteiger partial charge is 0.365 e. The molecule has 34 heavy (non-hydrogen) atoms. The predicted molar refractivity (Wildman–Crippen MR) is 122 cm³/mol. The average molecular weight is 486 g/mol. The number of carbonyl (C=O) groups is 2. The van der Waals surface area contributed by atoms with Crippen LogP contribution in [-0.2, 0) is 13.1 Å². The molecule has 0 bridgehead atoms.